The Hall–Kier alpha value is -0.960. The molecule has 0 atom stereocenters. The molecule has 0 aliphatic rings. The van der Waals surface area contributed by atoms with Crippen LogP contribution in [-0.2, 0) is 6.42 Å². The monoisotopic (exact) mass is 165 g/mol. The molecule has 66 valence electrons. The highest BCUT2D eigenvalue weighted by Gasteiger charge is 1.91. The molecule has 0 unspecified atom stereocenters. The molecule has 3 nitrogen and oxygen atoms in total. The first-order valence-electron chi connectivity index (χ1n) is 4.32. The predicted molar refractivity (Wildman–Crippen MR) is 48.9 cm³/mol. The Bertz CT molecular complexity index is 198. The van der Waals surface area contributed by atoms with E-state index in [1.165, 1.54) is 18.4 Å². The summed E-state index contributed by atoms with van der Waals surface area (Å²) in [5, 5.41) is 3.12. The molecule has 1 aromatic rings. The molecule has 0 aliphatic heterocycles. The second-order valence-corrected chi connectivity index (χ2v) is 2.81. The van der Waals surface area contributed by atoms with Gasteiger partial charge in [0.25, 0.3) is 0 Å². The molecule has 1 rings (SSSR count). The largest absolute Gasteiger partial charge is 0.320 e. The molecule has 12 heavy (non-hydrogen) atoms. The molecule has 1 aromatic heterocycles. The second-order valence-electron chi connectivity index (χ2n) is 2.81. The van der Waals surface area contributed by atoms with E-state index in [0.29, 0.717) is 0 Å². The number of aromatic nitrogens is 2. The number of aryl methyl sites for hydroxylation is 1. The fraction of sp³-hybridized carbons (Fsp3) is 0.556. The summed E-state index contributed by atoms with van der Waals surface area (Å²) < 4.78 is 0. The lowest BCUT2D eigenvalue weighted by Crippen LogP contribution is -2.07. The first-order chi connectivity index (χ1) is 5.93. The minimum absolute atomic E-state index is 1.09. The summed E-state index contributed by atoms with van der Waals surface area (Å²) >= 11 is 0. The van der Waals surface area contributed by atoms with Crippen LogP contribution in [0.1, 0.15) is 18.4 Å². The molecule has 0 radical (unpaired) electrons. The SMILES string of the molecule is CNCCCCc1cncnc1. The van der Waals surface area contributed by atoms with Crippen LogP contribution in [0.2, 0.25) is 0 Å². The minimum atomic E-state index is 1.09. The fourth-order valence-corrected chi connectivity index (χ4v) is 1.09. The molecule has 0 aromatic carbocycles. The van der Waals surface area contributed by atoms with Gasteiger partial charge in [0.2, 0.25) is 0 Å². The van der Waals surface area contributed by atoms with Crippen molar-refractivity contribution in [2.45, 2.75) is 19.3 Å². The van der Waals surface area contributed by atoms with Crippen LogP contribution in [0.25, 0.3) is 0 Å². The standard InChI is InChI=1S/C9H15N3/c1-10-5-3-2-4-9-6-11-8-12-7-9/h6-8,10H,2-5H2,1H3. The molecular weight excluding hydrogens is 150 g/mol. The molecule has 1 heterocycles. The summed E-state index contributed by atoms with van der Waals surface area (Å²) in [5.74, 6) is 0. The van der Waals surface area contributed by atoms with Gasteiger partial charge in [0.05, 0.1) is 0 Å². The molecule has 0 amide bonds. The van der Waals surface area contributed by atoms with E-state index in [2.05, 4.69) is 15.3 Å². The molecule has 0 aliphatic carbocycles. The van der Waals surface area contributed by atoms with Gasteiger partial charge in [0, 0.05) is 12.4 Å². The summed E-state index contributed by atoms with van der Waals surface area (Å²) in [5.41, 5.74) is 1.23. The number of nitrogens with one attached hydrogen (secondary N) is 1. The molecule has 0 saturated carbocycles. The van der Waals surface area contributed by atoms with Crippen molar-refractivity contribution in [3.8, 4) is 0 Å². The van der Waals surface area contributed by atoms with Gasteiger partial charge in [0.15, 0.2) is 0 Å². The number of unbranched alkanes of at least 4 members (excludes halogenated alkanes) is 1. The molecule has 0 bridgehead atoms. The van der Waals surface area contributed by atoms with Crippen molar-refractivity contribution >= 4 is 0 Å². The second kappa shape index (κ2) is 5.66. The predicted octanol–water partition coefficient (Wildman–Crippen LogP) is 1.02. The van der Waals surface area contributed by atoms with E-state index < -0.39 is 0 Å². The van der Waals surface area contributed by atoms with E-state index in [9.17, 15) is 0 Å². The lowest BCUT2D eigenvalue weighted by atomic mass is 10.1. The third kappa shape index (κ3) is 3.44. The Morgan fingerprint density at radius 3 is 2.67 bits per heavy atom. The van der Waals surface area contributed by atoms with Gasteiger partial charge in [-0.15, -0.1) is 0 Å². The Balaban J connectivity index is 2.16. The van der Waals surface area contributed by atoms with E-state index in [-0.39, 0.29) is 0 Å². The van der Waals surface area contributed by atoms with E-state index in [0.717, 1.165) is 13.0 Å². The third-order valence-corrected chi connectivity index (χ3v) is 1.76. The van der Waals surface area contributed by atoms with Crippen LogP contribution in [0.4, 0.5) is 0 Å². The number of hydrogen-bond acceptors (Lipinski definition) is 3. The van der Waals surface area contributed by atoms with E-state index in [4.69, 9.17) is 0 Å². The quantitative estimate of drug-likeness (QED) is 0.662. The van der Waals surface area contributed by atoms with Crippen LogP contribution in [0.5, 0.6) is 0 Å². The molecular formula is C9H15N3. The van der Waals surface area contributed by atoms with Gasteiger partial charge in [-0.1, -0.05) is 0 Å². The molecule has 0 fully saturated rings. The highest BCUT2D eigenvalue weighted by Crippen LogP contribution is 2.00. The summed E-state index contributed by atoms with van der Waals surface area (Å²) in [4.78, 5) is 7.91. The van der Waals surface area contributed by atoms with Crippen LogP contribution < -0.4 is 5.32 Å². The van der Waals surface area contributed by atoms with Crippen LogP contribution >= 0.6 is 0 Å². The smallest absolute Gasteiger partial charge is 0.115 e. The highest BCUT2D eigenvalue weighted by molar-refractivity contribution is 5.01. The highest BCUT2D eigenvalue weighted by atomic mass is 14.8. The van der Waals surface area contributed by atoms with Crippen molar-refractivity contribution in [3.63, 3.8) is 0 Å². The van der Waals surface area contributed by atoms with Gasteiger partial charge in [-0.3, -0.25) is 0 Å². The maximum absolute atomic E-state index is 3.96. The number of nitrogens with zero attached hydrogens (tertiary/aromatic N) is 2. The molecule has 0 spiro atoms. The van der Waals surface area contributed by atoms with Crippen molar-refractivity contribution in [3.05, 3.63) is 24.3 Å². The fourth-order valence-electron chi connectivity index (χ4n) is 1.09. The Kier molecular flexibility index (Phi) is 4.31. The van der Waals surface area contributed by atoms with Crippen molar-refractivity contribution in [1.82, 2.24) is 15.3 Å². The lowest BCUT2D eigenvalue weighted by molar-refractivity contribution is 0.675. The summed E-state index contributed by atoms with van der Waals surface area (Å²) in [6.45, 7) is 1.09. The molecule has 3 heteroatoms. The Morgan fingerprint density at radius 1 is 1.25 bits per heavy atom. The van der Waals surface area contributed by atoms with Crippen molar-refractivity contribution in [1.29, 1.82) is 0 Å². The van der Waals surface area contributed by atoms with Crippen molar-refractivity contribution in [2.75, 3.05) is 13.6 Å². The summed E-state index contributed by atoms with van der Waals surface area (Å²) in [6.07, 6.45) is 8.83. The lowest BCUT2D eigenvalue weighted by Gasteiger charge is -1.99. The average Bonchev–Trinajstić information content (AvgIpc) is 2.14. The van der Waals surface area contributed by atoms with E-state index in [1.54, 1.807) is 6.33 Å². The van der Waals surface area contributed by atoms with Gasteiger partial charge in [-0.25, -0.2) is 9.97 Å². The Morgan fingerprint density at radius 2 is 2.00 bits per heavy atom. The zero-order valence-corrected chi connectivity index (χ0v) is 7.45. The third-order valence-electron chi connectivity index (χ3n) is 1.76. The van der Waals surface area contributed by atoms with Gasteiger partial charge >= 0.3 is 0 Å². The average molecular weight is 165 g/mol. The molecule has 1 N–H and O–H groups in total. The normalized spacial score (nSPS) is 10.1. The number of rotatable bonds is 5. The number of hydrogen-bond donors (Lipinski definition) is 1. The minimum Gasteiger partial charge on any atom is -0.320 e. The van der Waals surface area contributed by atoms with Gasteiger partial charge < -0.3 is 5.32 Å². The van der Waals surface area contributed by atoms with Crippen LogP contribution in [0.3, 0.4) is 0 Å². The Labute approximate surface area is 73.2 Å². The summed E-state index contributed by atoms with van der Waals surface area (Å²) in [7, 11) is 1.98. The summed E-state index contributed by atoms with van der Waals surface area (Å²) in [6, 6.07) is 0. The topological polar surface area (TPSA) is 37.8 Å². The van der Waals surface area contributed by atoms with Gasteiger partial charge in [0.1, 0.15) is 6.33 Å². The van der Waals surface area contributed by atoms with Crippen molar-refractivity contribution < 1.29 is 0 Å². The van der Waals surface area contributed by atoms with E-state index in [1.807, 2.05) is 19.4 Å². The first-order valence-corrected chi connectivity index (χ1v) is 4.32. The van der Waals surface area contributed by atoms with Crippen LogP contribution in [-0.4, -0.2) is 23.6 Å². The maximum atomic E-state index is 3.96. The van der Waals surface area contributed by atoms with Gasteiger partial charge in [-0.05, 0) is 38.4 Å². The van der Waals surface area contributed by atoms with Crippen molar-refractivity contribution in [2.24, 2.45) is 0 Å². The molecule has 0 saturated heterocycles. The zero-order chi connectivity index (χ0) is 8.65. The van der Waals surface area contributed by atoms with Crippen LogP contribution in [0, 0.1) is 0 Å². The zero-order valence-electron chi connectivity index (χ0n) is 7.45. The maximum Gasteiger partial charge on any atom is 0.115 e. The first kappa shape index (κ1) is 9.13. The van der Waals surface area contributed by atoms with Crippen LogP contribution in [0.15, 0.2) is 18.7 Å². The van der Waals surface area contributed by atoms with Gasteiger partial charge in [-0.2, -0.15) is 0 Å². The van der Waals surface area contributed by atoms with E-state index >= 15 is 0 Å².